The van der Waals surface area contributed by atoms with E-state index in [1.807, 2.05) is 0 Å². The van der Waals surface area contributed by atoms with Crippen molar-refractivity contribution in [3.63, 3.8) is 0 Å². The minimum atomic E-state index is 0.0266. The fourth-order valence-electron chi connectivity index (χ4n) is 1.69. The van der Waals surface area contributed by atoms with Gasteiger partial charge in [0.2, 0.25) is 5.91 Å². The molecule has 17 heavy (non-hydrogen) atoms. The Morgan fingerprint density at radius 2 is 2.29 bits per heavy atom. The third-order valence-electron chi connectivity index (χ3n) is 2.49. The lowest BCUT2D eigenvalue weighted by Crippen LogP contribution is -2.20. The van der Waals surface area contributed by atoms with Crippen LogP contribution in [0.5, 0.6) is 0 Å². The van der Waals surface area contributed by atoms with Crippen LogP contribution in [0.3, 0.4) is 0 Å². The maximum Gasteiger partial charge on any atom is 0.216 e. The van der Waals surface area contributed by atoms with Crippen LogP contribution in [0.2, 0.25) is 0 Å². The van der Waals surface area contributed by atoms with Crippen molar-refractivity contribution in [3.8, 4) is 0 Å². The largest absolute Gasteiger partial charge is 0.356 e. The highest BCUT2D eigenvalue weighted by molar-refractivity contribution is 7.17. The van der Waals surface area contributed by atoms with Gasteiger partial charge in [0.05, 0.1) is 0 Å². The van der Waals surface area contributed by atoms with Crippen molar-refractivity contribution in [2.45, 2.75) is 13.3 Å². The van der Waals surface area contributed by atoms with Crippen LogP contribution in [0.15, 0.2) is 35.7 Å². The lowest BCUT2D eigenvalue weighted by molar-refractivity contribution is -0.118. The molecule has 2 rings (SSSR count). The number of nitrogens with one attached hydrogen (secondary N) is 1. The van der Waals surface area contributed by atoms with Crippen LogP contribution in [0.25, 0.3) is 16.2 Å². The summed E-state index contributed by atoms with van der Waals surface area (Å²) >= 11 is 1.76. The SMILES string of the molecule is CC(=O)NCCC=Cc1cccc2ccsc12. The van der Waals surface area contributed by atoms with Gasteiger partial charge in [-0.3, -0.25) is 4.79 Å². The van der Waals surface area contributed by atoms with E-state index in [2.05, 4.69) is 47.1 Å². The average Bonchev–Trinajstić information content (AvgIpc) is 2.77. The molecule has 1 aromatic carbocycles. The van der Waals surface area contributed by atoms with E-state index in [1.54, 1.807) is 11.3 Å². The highest BCUT2D eigenvalue weighted by Gasteiger charge is 1.97. The number of carbonyl (C=O) groups excluding carboxylic acids is 1. The number of benzene rings is 1. The second-order valence-electron chi connectivity index (χ2n) is 3.86. The molecule has 0 radical (unpaired) electrons. The Bertz CT molecular complexity index is 542. The summed E-state index contributed by atoms with van der Waals surface area (Å²) in [5, 5.41) is 6.18. The Balaban J connectivity index is 2.00. The summed E-state index contributed by atoms with van der Waals surface area (Å²) < 4.78 is 1.32. The Hall–Kier alpha value is -1.61. The second kappa shape index (κ2) is 5.64. The van der Waals surface area contributed by atoms with E-state index in [0.29, 0.717) is 6.54 Å². The molecule has 2 nitrogen and oxygen atoms in total. The highest BCUT2D eigenvalue weighted by atomic mass is 32.1. The summed E-state index contributed by atoms with van der Waals surface area (Å²) in [6, 6.07) is 8.45. The number of rotatable bonds is 4. The number of thiophene rings is 1. The molecule has 0 fully saturated rings. The minimum Gasteiger partial charge on any atom is -0.356 e. The van der Waals surface area contributed by atoms with Gasteiger partial charge in [-0.25, -0.2) is 0 Å². The Morgan fingerprint density at radius 3 is 3.12 bits per heavy atom. The Kier molecular flexibility index (Phi) is 3.94. The van der Waals surface area contributed by atoms with Crippen molar-refractivity contribution < 1.29 is 4.79 Å². The monoisotopic (exact) mass is 245 g/mol. The molecule has 3 heteroatoms. The zero-order chi connectivity index (χ0) is 12.1. The van der Waals surface area contributed by atoms with E-state index < -0.39 is 0 Å². The molecule has 0 aliphatic carbocycles. The molecule has 0 saturated carbocycles. The first-order valence-electron chi connectivity index (χ1n) is 5.64. The predicted molar refractivity (Wildman–Crippen MR) is 74.2 cm³/mol. The van der Waals surface area contributed by atoms with Gasteiger partial charge in [-0.1, -0.05) is 30.4 Å². The average molecular weight is 245 g/mol. The minimum absolute atomic E-state index is 0.0266. The van der Waals surface area contributed by atoms with E-state index >= 15 is 0 Å². The van der Waals surface area contributed by atoms with Gasteiger partial charge >= 0.3 is 0 Å². The van der Waals surface area contributed by atoms with Gasteiger partial charge in [-0.15, -0.1) is 11.3 Å². The summed E-state index contributed by atoms with van der Waals surface area (Å²) in [4.78, 5) is 10.7. The topological polar surface area (TPSA) is 29.1 Å². The van der Waals surface area contributed by atoms with Gasteiger partial charge < -0.3 is 5.32 Å². The van der Waals surface area contributed by atoms with Crippen LogP contribution >= 0.6 is 11.3 Å². The van der Waals surface area contributed by atoms with E-state index in [4.69, 9.17) is 0 Å². The van der Waals surface area contributed by atoms with Crippen molar-refractivity contribution in [3.05, 3.63) is 41.3 Å². The molecular weight excluding hydrogens is 230 g/mol. The standard InChI is InChI=1S/C14H15NOS/c1-11(16)15-9-3-2-5-12-6-4-7-13-8-10-17-14(12)13/h2,4-8,10H,3,9H2,1H3,(H,15,16). The quantitative estimate of drug-likeness (QED) is 0.821. The number of hydrogen-bond donors (Lipinski definition) is 1. The van der Waals surface area contributed by atoms with Gasteiger partial charge in [-0.05, 0) is 28.8 Å². The number of amides is 1. The van der Waals surface area contributed by atoms with E-state index in [0.717, 1.165) is 6.42 Å². The molecule has 0 spiro atoms. The molecule has 0 aliphatic heterocycles. The maximum absolute atomic E-state index is 10.7. The van der Waals surface area contributed by atoms with E-state index in [-0.39, 0.29) is 5.91 Å². The third-order valence-corrected chi connectivity index (χ3v) is 3.47. The van der Waals surface area contributed by atoms with Crippen LogP contribution in [0, 0.1) is 0 Å². The first-order valence-corrected chi connectivity index (χ1v) is 6.52. The normalized spacial score (nSPS) is 11.1. The van der Waals surface area contributed by atoms with Gasteiger partial charge in [0, 0.05) is 18.2 Å². The zero-order valence-corrected chi connectivity index (χ0v) is 10.6. The Morgan fingerprint density at radius 1 is 1.41 bits per heavy atom. The van der Waals surface area contributed by atoms with Gasteiger partial charge in [0.15, 0.2) is 0 Å². The number of hydrogen-bond acceptors (Lipinski definition) is 2. The second-order valence-corrected chi connectivity index (χ2v) is 4.78. The molecular formula is C14H15NOS. The lowest BCUT2D eigenvalue weighted by atomic mass is 10.1. The summed E-state index contributed by atoms with van der Waals surface area (Å²) in [5.74, 6) is 0.0266. The molecule has 1 N–H and O–H groups in total. The number of fused-ring (bicyclic) bond motifs is 1. The first-order chi connectivity index (χ1) is 8.27. The molecule has 88 valence electrons. The van der Waals surface area contributed by atoms with Crippen LogP contribution in [0.1, 0.15) is 18.9 Å². The maximum atomic E-state index is 10.7. The third kappa shape index (κ3) is 3.17. The highest BCUT2D eigenvalue weighted by Crippen LogP contribution is 2.25. The van der Waals surface area contributed by atoms with Gasteiger partial charge in [0.25, 0.3) is 0 Å². The van der Waals surface area contributed by atoms with E-state index in [1.165, 1.54) is 22.6 Å². The van der Waals surface area contributed by atoms with Crippen LogP contribution < -0.4 is 5.32 Å². The van der Waals surface area contributed by atoms with Crippen LogP contribution in [0.4, 0.5) is 0 Å². The molecule has 0 bridgehead atoms. The molecule has 0 atom stereocenters. The molecule has 1 aromatic heterocycles. The lowest BCUT2D eigenvalue weighted by Gasteiger charge is -1.98. The molecule has 1 amide bonds. The van der Waals surface area contributed by atoms with Crippen molar-refractivity contribution in [1.82, 2.24) is 5.32 Å². The fourth-order valence-corrected chi connectivity index (χ4v) is 2.58. The molecule has 0 aliphatic rings. The van der Waals surface area contributed by atoms with Crippen LogP contribution in [-0.4, -0.2) is 12.5 Å². The van der Waals surface area contributed by atoms with Crippen LogP contribution in [-0.2, 0) is 4.79 Å². The molecule has 0 saturated heterocycles. The first kappa shape index (κ1) is 11.9. The molecule has 1 heterocycles. The van der Waals surface area contributed by atoms with Crippen molar-refractivity contribution in [1.29, 1.82) is 0 Å². The van der Waals surface area contributed by atoms with E-state index in [9.17, 15) is 4.79 Å². The summed E-state index contributed by atoms with van der Waals surface area (Å²) in [5.41, 5.74) is 1.25. The van der Waals surface area contributed by atoms with Crippen molar-refractivity contribution in [2.75, 3.05) is 6.54 Å². The zero-order valence-electron chi connectivity index (χ0n) is 9.77. The summed E-state index contributed by atoms with van der Waals surface area (Å²) in [7, 11) is 0. The molecule has 2 aromatic rings. The van der Waals surface area contributed by atoms with Crippen molar-refractivity contribution in [2.24, 2.45) is 0 Å². The predicted octanol–water partition coefficient (Wildman–Crippen LogP) is 3.44. The van der Waals surface area contributed by atoms with Crippen molar-refractivity contribution >= 4 is 33.4 Å². The Labute approximate surface area is 105 Å². The summed E-state index contributed by atoms with van der Waals surface area (Å²) in [6.07, 6.45) is 5.09. The molecule has 0 unspecified atom stereocenters. The number of carbonyl (C=O) groups is 1. The van der Waals surface area contributed by atoms with Gasteiger partial charge in [-0.2, -0.15) is 0 Å². The van der Waals surface area contributed by atoms with Gasteiger partial charge in [0.1, 0.15) is 0 Å². The summed E-state index contributed by atoms with van der Waals surface area (Å²) in [6.45, 7) is 2.24. The fraction of sp³-hybridized carbons (Fsp3) is 0.214. The smallest absolute Gasteiger partial charge is 0.216 e.